The van der Waals surface area contributed by atoms with Gasteiger partial charge in [-0.25, -0.2) is 0 Å². The molecule has 4 heteroatoms. The molecule has 0 radical (unpaired) electrons. The molecule has 1 fully saturated rings. The molecule has 1 aromatic carbocycles. The number of carbonyl (C=O) groups excluding carboxylic acids is 1. The Kier molecular flexibility index (Phi) is 5.40. The summed E-state index contributed by atoms with van der Waals surface area (Å²) >= 11 is 3.43. The fourth-order valence-electron chi connectivity index (χ4n) is 2.64. The van der Waals surface area contributed by atoms with E-state index >= 15 is 0 Å². The molecule has 0 aromatic heterocycles. The zero-order valence-electron chi connectivity index (χ0n) is 11.3. The highest BCUT2D eigenvalue weighted by Gasteiger charge is 2.21. The summed E-state index contributed by atoms with van der Waals surface area (Å²) in [6.45, 7) is 0. The fraction of sp³-hybridized carbons (Fsp3) is 0.533. The molecule has 0 aliphatic heterocycles. The van der Waals surface area contributed by atoms with Crippen molar-refractivity contribution >= 4 is 21.8 Å². The van der Waals surface area contributed by atoms with Gasteiger partial charge in [0, 0.05) is 16.6 Å². The molecule has 2 N–H and O–H groups in total. The van der Waals surface area contributed by atoms with Crippen LogP contribution in [0.4, 0.5) is 0 Å². The molecule has 104 valence electrons. The summed E-state index contributed by atoms with van der Waals surface area (Å²) in [6, 6.07) is 8.90. The average molecular weight is 325 g/mol. The van der Waals surface area contributed by atoms with Gasteiger partial charge in [0.05, 0.1) is 6.42 Å². The van der Waals surface area contributed by atoms with Crippen LogP contribution in [0.25, 0.3) is 0 Å². The maximum Gasteiger partial charge on any atom is 0.224 e. The Morgan fingerprint density at radius 1 is 1.26 bits per heavy atom. The van der Waals surface area contributed by atoms with Crippen molar-refractivity contribution in [3.63, 3.8) is 0 Å². The smallest absolute Gasteiger partial charge is 0.224 e. The Bertz CT molecular complexity index is 428. The van der Waals surface area contributed by atoms with Crippen molar-refractivity contribution in [2.24, 2.45) is 0 Å². The molecule has 0 spiro atoms. The van der Waals surface area contributed by atoms with E-state index < -0.39 is 0 Å². The lowest BCUT2D eigenvalue weighted by Crippen LogP contribution is -2.41. The van der Waals surface area contributed by atoms with Gasteiger partial charge in [0.2, 0.25) is 5.91 Å². The van der Waals surface area contributed by atoms with E-state index in [-0.39, 0.29) is 5.91 Å². The number of nitrogens with one attached hydrogen (secondary N) is 2. The van der Waals surface area contributed by atoms with Crippen LogP contribution in [0.2, 0.25) is 0 Å². The number of rotatable bonds is 4. The first-order chi connectivity index (χ1) is 9.17. The molecule has 0 heterocycles. The SMILES string of the molecule is CNC1CCC(NC(=O)Cc2cccc(Br)c2)CC1. The Hall–Kier alpha value is -0.870. The lowest BCUT2D eigenvalue weighted by Gasteiger charge is -2.28. The van der Waals surface area contributed by atoms with Gasteiger partial charge in [0.15, 0.2) is 0 Å². The van der Waals surface area contributed by atoms with Crippen LogP contribution in [0.3, 0.4) is 0 Å². The Morgan fingerprint density at radius 3 is 2.58 bits per heavy atom. The summed E-state index contributed by atoms with van der Waals surface area (Å²) < 4.78 is 1.02. The van der Waals surface area contributed by atoms with Crippen LogP contribution >= 0.6 is 15.9 Å². The van der Waals surface area contributed by atoms with Gasteiger partial charge < -0.3 is 10.6 Å². The molecule has 1 aromatic rings. The Balaban J connectivity index is 1.79. The predicted octanol–water partition coefficient (Wildman–Crippen LogP) is 2.64. The Morgan fingerprint density at radius 2 is 1.95 bits per heavy atom. The third-order valence-electron chi connectivity index (χ3n) is 3.75. The minimum Gasteiger partial charge on any atom is -0.353 e. The molecule has 0 unspecified atom stereocenters. The highest BCUT2D eigenvalue weighted by atomic mass is 79.9. The van der Waals surface area contributed by atoms with Crippen molar-refractivity contribution in [1.82, 2.24) is 10.6 Å². The van der Waals surface area contributed by atoms with Gasteiger partial charge >= 0.3 is 0 Å². The fourth-order valence-corrected chi connectivity index (χ4v) is 3.08. The highest BCUT2D eigenvalue weighted by molar-refractivity contribution is 9.10. The summed E-state index contributed by atoms with van der Waals surface area (Å²) in [5, 5.41) is 6.46. The maximum atomic E-state index is 12.0. The van der Waals surface area contributed by atoms with Crippen LogP contribution in [0.15, 0.2) is 28.7 Å². The van der Waals surface area contributed by atoms with Crippen molar-refractivity contribution in [2.75, 3.05) is 7.05 Å². The predicted molar refractivity (Wildman–Crippen MR) is 81.1 cm³/mol. The zero-order valence-corrected chi connectivity index (χ0v) is 12.9. The van der Waals surface area contributed by atoms with E-state index in [1.807, 2.05) is 31.3 Å². The highest BCUT2D eigenvalue weighted by Crippen LogP contribution is 2.18. The van der Waals surface area contributed by atoms with E-state index in [0.717, 1.165) is 35.7 Å². The molecule has 0 atom stereocenters. The molecule has 3 nitrogen and oxygen atoms in total. The zero-order chi connectivity index (χ0) is 13.7. The van der Waals surface area contributed by atoms with Crippen LogP contribution in [0.1, 0.15) is 31.2 Å². The van der Waals surface area contributed by atoms with Gasteiger partial charge in [-0.15, -0.1) is 0 Å². The standard InChI is InChI=1S/C15H21BrN2O/c1-17-13-5-7-14(8-6-13)18-15(19)10-11-3-2-4-12(16)9-11/h2-4,9,13-14,17H,5-8,10H2,1H3,(H,18,19). The van der Waals surface area contributed by atoms with Crippen LogP contribution in [-0.4, -0.2) is 25.0 Å². The lowest BCUT2D eigenvalue weighted by atomic mass is 9.91. The second-order valence-corrected chi connectivity index (χ2v) is 6.13. The van der Waals surface area contributed by atoms with Crippen LogP contribution in [0.5, 0.6) is 0 Å². The molecular formula is C15H21BrN2O. The van der Waals surface area contributed by atoms with Gasteiger partial charge in [-0.3, -0.25) is 4.79 Å². The molecule has 19 heavy (non-hydrogen) atoms. The second-order valence-electron chi connectivity index (χ2n) is 5.21. The molecule has 0 saturated heterocycles. The number of amides is 1. The summed E-state index contributed by atoms with van der Waals surface area (Å²) in [5.74, 6) is 0.131. The topological polar surface area (TPSA) is 41.1 Å². The summed E-state index contributed by atoms with van der Waals surface area (Å²) in [6.07, 6.45) is 4.92. The average Bonchev–Trinajstić information content (AvgIpc) is 2.39. The van der Waals surface area contributed by atoms with E-state index in [2.05, 4.69) is 26.6 Å². The minimum absolute atomic E-state index is 0.131. The summed E-state index contributed by atoms with van der Waals surface area (Å²) in [5.41, 5.74) is 1.05. The van der Waals surface area contributed by atoms with E-state index in [1.54, 1.807) is 0 Å². The van der Waals surface area contributed by atoms with Crippen molar-refractivity contribution in [3.05, 3.63) is 34.3 Å². The molecule has 1 saturated carbocycles. The van der Waals surface area contributed by atoms with E-state index in [4.69, 9.17) is 0 Å². The first-order valence-corrected chi connectivity index (χ1v) is 7.67. The minimum atomic E-state index is 0.131. The van der Waals surface area contributed by atoms with Crippen molar-refractivity contribution < 1.29 is 4.79 Å². The molecule has 1 amide bonds. The maximum absolute atomic E-state index is 12.0. The summed E-state index contributed by atoms with van der Waals surface area (Å²) in [7, 11) is 2.01. The molecule has 1 aliphatic carbocycles. The van der Waals surface area contributed by atoms with Crippen LogP contribution < -0.4 is 10.6 Å². The largest absolute Gasteiger partial charge is 0.353 e. The molecule has 1 aliphatic rings. The third kappa shape index (κ3) is 4.62. The number of benzene rings is 1. The van der Waals surface area contributed by atoms with Crippen molar-refractivity contribution in [3.8, 4) is 0 Å². The van der Waals surface area contributed by atoms with Gasteiger partial charge in [0.25, 0.3) is 0 Å². The summed E-state index contributed by atoms with van der Waals surface area (Å²) in [4.78, 5) is 12.0. The van der Waals surface area contributed by atoms with E-state index in [9.17, 15) is 4.79 Å². The van der Waals surface area contributed by atoms with Crippen LogP contribution in [0, 0.1) is 0 Å². The van der Waals surface area contributed by atoms with Gasteiger partial charge in [-0.1, -0.05) is 28.1 Å². The van der Waals surface area contributed by atoms with Crippen molar-refractivity contribution in [2.45, 2.75) is 44.2 Å². The number of hydrogen-bond acceptors (Lipinski definition) is 2. The van der Waals surface area contributed by atoms with Gasteiger partial charge in [-0.05, 0) is 50.4 Å². The number of carbonyl (C=O) groups is 1. The van der Waals surface area contributed by atoms with E-state index in [1.165, 1.54) is 0 Å². The van der Waals surface area contributed by atoms with Gasteiger partial charge in [-0.2, -0.15) is 0 Å². The third-order valence-corrected chi connectivity index (χ3v) is 4.25. The monoisotopic (exact) mass is 324 g/mol. The van der Waals surface area contributed by atoms with Crippen molar-refractivity contribution in [1.29, 1.82) is 0 Å². The second kappa shape index (κ2) is 7.06. The first kappa shape index (κ1) is 14.5. The molecule has 0 bridgehead atoms. The van der Waals surface area contributed by atoms with E-state index in [0.29, 0.717) is 18.5 Å². The number of hydrogen-bond donors (Lipinski definition) is 2. The number of halogens is 1. The lowest BCUT2D eigenvalue weighted by molar-refractivity contribution is -0.121. The van der Waals surface area contributed by atoms with Crippen LogP contribution in [-0.2, 0) is 11.2 Å². The molecular weight excluding hydrogens is 304 g/mol. The van der Waals surface area contributed by atoms with Gasteiger partial charge in [0.1, 0.15) is 0 Å². The normalized spacial score (nSPS) is 23.1. The Labute approximate surface area is 123 Å². The molecule has 2 rings (SSSR count). The quantitative estimate of drug-likeness (QED) is 0.894. The first-order valence-electron chi connectivity index (χ1n) is 6.88.